The van der Waals surface area contributed by atoms with Crippen LogP contribution in [0.5, 0.6) is 0 Å². The van der Waals surface area contributed by atoms with E-state index in [1.54, 1.807) is 0 Å². The first-order valence-corrected chi connectivity index (χ1v) is 7.45. The fourth-order valence-corrected chi connectivity index (χ4v) is 2.47. The van der Waals surface area contributed by atoms with Crippen molar-refractivity contribution < 1.29 is 0 Å². The molecule has 0 radical (unpaired) electrons. The molecule has 0 amide bonds. The van der Waals surface area contributed by atoms with E-state index in [9.17, 15) is 0 Å². The fourth-order valence-electron chi connectivity index (χ4n) is 2.47. The SMILES string of the molecule is C=CC1=C(\C=C)C/C=C\C=C/C(=C)/C(c2cccc(C)c2)=C\1. The summed E-state index contributed by atoms with van der Waals surface area (Å²) in [6, 6.07) is 8.48. The highest BCUT2D eigenvalue weighted by atomic mass is 14.1. The summed E-state index contributed by atoms with van der Waals surface area (Å²) < 4.78 is 0. The van der Waals surface area contributed by atoms with E-state index in [0.29, 0.717) is 0 Å². The molecule has 0 aliphatic heterocycles. The molecule has 1 aliphatic carbocycles. The first kappa shape index (κ1) is 15.8. The molecule has 0 spiro atoms. The second-order valence-electron chi connectivity index (χ2n) is 5.33. The van der Waals surface area contributed by atoms with Crippen molar-refractivity contribution in [3.8, 4) is 0 Å². The molecule has 2 rings (SSSR count). The maximum atomic E-state index is 4.22. The van der Waals surface area contributed by atoms with E-state index in [1.165, 1.54) is 16.7 Å². The number of hydrogen-bond acceptors (Lipinski definition) is 0. The van der Waals surface area contributed by atoms with Crippen LogP contribution < -0.4 is 0 Å². The van der Waals surface area contributed by atoms with E-state index in [0.717, 1.165) is 23.1 Å². The van der Waals surface area contributed by atoms with Gasteiger partial charge in [-0.15, -0.1) is 0 Å². The van der Waals surface area contributed by atoms with Gasteiger partial charge in [-0.3, -0.25) is 0 Å². The van der Waals surface area contributed by atoms with Crippen LogP contribution >= 0.6 is 0 Å². The average molecular weight is 286 g/mol. The minimum Gasteiger partial charge on any atom is -0.0988 e. The summed E-state index contributed by atoms with van der Waals surface area (Å²) in [4.78, 5) is 0. The number of hydrogen-bond donors (Lipinski definition) is 0. The molecule has 0 saturated carbocycles. The zero-order valence-electron chi connectivity index (χ0n) is 13.2. The Bertz CT molecular complexity index is 718. The van der Waals surface area contributed by atoms with Crippen LogP contribution in [-0.4, -0.2) is 0 Å². The molecule has 110 valence electrons. The Hall–Kier alpha value is -2.60. The predicted octanol–water partition coefficient (Wildman–Crippen LogP) is 6.12. The molecule has 1 aliphatic rings. The maximum Gasteiger partial charge on any atom is -0.00886 e. The Morgan fingerprint density at radius 3 is 2.59 bits per heavy atom. The van der Waals surface area contributed by atoms with E-state index in [4.69, 9.17) is 0 Å². The molecule has 0 unspecified atom stereocenters. The van der Waals surface area contributed by atoms with Crippen LogP contribution in [0.3, 0.4) is 0 Å². The highest BCUT2D eigenvalue weighted by Crippen LogP contribution is 2.28. The third-order valence-electron chi connectivity index (χ3n) is 3.69. The van der Waals surface area contributed by atoms with Crippen LogP contribution in [-0.2, 0) is 0 Å². The normalized spacial score (nSPS) is 24.0. The van der Waals surface area contributed by atoms with Gasteiger partial charge < -0.3 is 0 Å². The second-order valence-corrected chi connectivity index (χ2v) is 5.33. The fraction of sp³-hybridized carbons (Fsp3) is 0.0909. The lowest BCUT2D eigenvalue weighted by Crippen LogP contribution is -1.92. The van der Waals surface area contributed by atoms with Crippen LogP contribution in [0.2, 0.25) is 0 Å². The van der Waals surface area contributed by atoms with Crippen molar-refractivity contribution >= 4 is 5.57 Å². The minimum atomic E-state index is 0.846. The Morgan fingerprint density at radius 2 is 1.91 bits per heavy atom. The van der Waals surface area contributed by atoms with Gasteiger partial charge in [-0.1, -0.05) is 86.0 Å². The van der Waals surface area contributed by atoms with Crippen molar-refractivity contribution in [1.29, 1.82) is 0 Å². The van der Waals surface area contributed by atoms with E-state index >= 15 is 0 Å². The third kappa shape index (κ3) is 3.73. The first-order valence-electron chi connectivity index (χ1n) is 7.45. The lowest BCUT2D eigenvalue weighted by Gasteiger charge is -2.12. The molecule has 0 atom stereocenters. The molecule has 0 saturated heterocycles. The van der Waals surface area contributed by atoms with E-state index in [-0.39, 0.29) is 0 Å². The van der Waals surface area contributed by atoms with Crippen molar-refractivity contribution in [2.75, 3.05) is 0 Å². The standard InChI is InChI=1S/C22H22/c1-5-19-13-9-7-8-12-18(4)22(16-20(19)6-2)21-14-10-11-17(3)15-21/h5-12,14-16H,1-2,4,13H2,3H3/b9-7-,12-8-,20-19-,22-16+. The molecule has 0 nitrogen and oxygen atoms in total. The van der Waals surface area contributed by atoms with Crippen molar-refractivity contribution in [3.05, 3.63) is 114 Å². The lowest BCUT2D eigenvalue weighted by atomic mass is 9.92. The van der Waals surface area contributed by atoms with E-state index in [1.807, 2.05) is 24.3 Å². The van der Waals surface area contributed by atoms with Crippen molar-refractivity contribution in [3.63, 3.8) is 0 Å². The zero-order valence-corrected chi connectivity index (χ0v) is 13.2. The van der Waals surface area contributed by atoms with Gasteiger partial charge in [0.1, 0.15) is 0 Å². The first-order chi connectivity index (χ1) is 10.7. The van der Waals surface area contributed by atoms with Gasteiger partial charge in [0.25, 0.3) is 0 Å². The molecular formula is C22H22. The molecule has 0 bridgehead atoms. The van der Waals surface area contributed by atoms with Gasteiger partial charge >= 0.3 is 0 Å². The summed E-state index contributed by atoms with van der Waals surface area (Å²) in [6.07, 6.45) is 15.0. The Morgan fingerprint density at radius 1 is 1.09 bits per heavy atom. The summed E-state index contributed by atoms with van der Waals surface area (Å²) in [5, 5.41) is 0. The van der Waals surface area contributed by atoms with Gasteiger partial charge in [-0.2, -0.15) is 0 Å². The molecule has 0 aromatic heterocycles. The summed E-state index contributed by atoms with van der Waals surface area (Å²) in [5.41, 5.74) is 6.76. The number of allylic oxidation sites excluding steroid dienone is 11. The van der Waals surface area contributed by atoms with Crippen molar-refractivity contribution in [2.45, 2.75) is 13.3 Å². The molecular weight excluding hydrogens is 264 g/mol. The molecule has 0 N–H and O–H groups in total. The van der Waals surface area contributed by atoms with Gasteiger partial charge in [0.05, 0.1) is 0 Å². The van der Waals surface area contributed by atoms with Gasteiger partial charge in [0, 0.05) is 0 Å². The van der Waals surface area contributed by atoms with Crippen LogP contribution in [0, 0.1) is 6.92 Å². The quantitative estimate of drug-likeness (QED) is 0.628. The second kappa shape index (κ2) is 7.42. The topological polar surface area (TPSA) is 0 Å². The van der Waals surface area contributed by atoms with Crippen LogP contribution in [0.25, 0.3) is 5.57 Å². The number of rotatable bonds is 3. The summed E-state index contributed by atoms with van der Waals surface area (Å²) in [7, 11) is 0. The molecule has 0 heteroatoms. The Balaban J connectivity index is 2.65. The number of benzene rings is 1. The highest BCUT2D eigenvalue weighted by Gasteiger charge is 2.07. The maximum absolute atomic E-state index is 4.22. The smallest absolute Gasteiger partial charge is 0.00886 e. The van der Waals surface area contributed by atoms with Crippen LogP contribution in [0.4, 0.5) is 0 Å². The molecule has 0 heterocycles. The minimum absolute atomic E-state index is 0.846. The van der Waals surface area contributed by atoms with Gasteiger partial charge in [-0.25, -0.2) is 0 Å². The summed E-state index contributed by atoms with van der Waals surface area (Å²) in [6.45, 7) is 14.2. The van der Waals surface area contributed by atoms with Gasteiger partial charge in [0.2, 0.25) is 0 Å². The molecule has 1 aromatic rings. The monoisotopic (exact) mass is 286 g/mol. The van der Waals surface area contributed by atoms with Gasteiger partial charge in [0.15, 0.2) is 0 Å². The molecule has 1 aromatic carbocycles. The largest absolute Gasteiger partial charge is 0.0988 e. The average Bonchev–Trinajstić information content (AvgIpc) is 2.52. The van der Waals surface area contributed by atoms with Crippen LogP contribution in [0.1, 0.15) is 17.5 Å². The van der Waals surface area contributed by atoms with E-state index in [2.05, 4.69) is 69.2 Å². The number of aryl methyl sites for hydroxylation is 1. The third-order valence-corrected chi connectivity index (χ3v) is 3.69. The predicted molar refractivity (Wildman–Crippen MR) is 98.6 cm³/mol. The Labute approximate surface area is 133 Å². The molecule has 0 fully saturated rings. The van der Waals surface area contributed by atoms with Crippen LogP contribution in [0.15, 0.2) is 103 Å². The van der Waals surface area contributed by atoms with E-state index < -0.39 is 0 Å². The zero-order chi connectivity index (χ0) is 15.9. The summed E-state index contributed by atoms with van der Waals surface area (Å²) in [5.74, 6) is 0. The van der Waals surface area contributed by atoms with Crippen molar-refractivity contribution in [1.82, 2.24) is 0 Å². The molecule has 22 heavy (non-hydrogen) atoms. The Kier molecular flexibility index (Phi) is 5.32. The van der Waals surface area contributed by atoms with Gasteiger partial charge in [-0.05, 0) is 47.3 Å². The highest BCUT2D eigenvalue weighted by molar-refractivity contribution is 5.83. The lowest BCUT2D eigenvalue weighted by molar-refractivity contribution is 1.26. The summed E-state index contributed by atoms with van der Waals surface area (Å²) >= 11 is 0. The van der Waals surface area contributed by atoms with Crippen molar-refractivity contribution in [2.24, 2.45) is 0 Å².